The normalized spacial score (nSPS) is 25.4. The summed E-state index contributed by atoms with van der Waals surface area (Å²) in [5, 5.41) is 0. The van der Waals surface area contributed by atoms with Crippen molar-refractivity contribution in [1.82, 2.24) is 14.7 Å². The Morgan fingerprint density at radius 2 is 1.56 bits per heavy atom. The lowest BCUT2D eigenvalue weighted by atomic mass is 10.1. The number of benzene rings is 1. The molecule has 0 N–H and O–H groups in total. The van der Waals surface area contributed by atoms with Gasteiger partial charge in [-0.1, -0.05) is 32.0 Å². The first-order valence-corrected chi connectivity index (χ1v) is 10.9. The Kier molecular flexibility index (Phi) is 7.57. The highest BCUT2D eigenvalue weighted by atomic mass is 16.5. The predicted molar refractivity (Wildman–Crippen MR) is 113 cm³/mol. The second-order valence-electron chi connectivity index (χ2n) is 8.94. The molecule has 1 aromatic carbocycles. The first-order chi connectivity index (χ1) is 13.0. The van der Waals surface area contributed by atoms with Gasteiger partial charge >= 0.3 is 0 Å². The predicted octanol–water partition coefficient (Wildman–Crippen LogP) is 3.71. The number of piperazine rings is 1. The molecule has 0 saturated carbocycles. The Labute approximate surface area is 166 Å². The van der Waals surface area contributed by atoms with Crippen molar-refractivity contribution in [2.24, 2.45) is 5.92 Å². The standard InChI is InChI=1S/C23H39N3O/c1-19(2)18-27-23-8-6-5-7-22(23)17-25-13-11-24(12-14-25)15-16-26-20(3)9-10-21(26)4/h5-8,19-21H,9-18H2,1-4H3/t20-,21+. The maximum absolute atomic E-state index is 6.03. The summed E-state index contributed by atoms with van der Waals surface area (Å²) < 4.78 is 6.03. The molecule has 0 radical (unpaired) electrons. The lowest BCUT2D eigenvalue weighted by Gasteiger charge is -2.36. The van der Waals surface area contributed by atoms with Crippen LogP contribution in [0.15, 0.2) is 24.3 Å². The molecular weight excluding hydrogens is 334 g/mol. The third-order valence-electron chi connectivity index (χ3n) is 6.21. The molecule has 0 amide bonds. The molecule has 0 aliphatic carbocycles. The van der Waals surface area contributed by atoms with Gasteiger partial charge < -0.3 is 4.74 Å². The summed E-state index contributed by atoms with van der Waals surface area (Å²) in [6.45, 7) is 18.1. The number of nitrogens with zero attached hydrogens (tertiary/aromatic N) is 3. The van der Waals surface area contributed by atoms with Gasteiger partial charge in [-0.3, -0.25) is 14.7 Å². The van der Waals surface area contributed by atoms with Gasteiger partial charge in [-0.05, 0) is 38.7 Å². The van der Waals surface area contributed by atoms with E-state index in [1.54, 1.807) is 0 Å². The fraction of sp³-hybridized carbons (Fsp3) is 0.739. The summed E-state index contributed by atoms with van der Waals surface area (Å²) in [6.07, 6.45) is 2.74. The molecule has 2 saturated heterocycles. The van der Waals surface area contributed by atoms with E-state index in [1.165, 1.54) is 44.6 Å². The third-order valence-corrected chi connectivity index (χ3v) is 6.21. The fourth-order valence-corrected chi connectivity index (χ4v) is 4.39. The zero-order valence-electron chi connectivity index (χ0n) is 17.9. The molecule has 0 bridgehead atoms. The van der Waals surface area contributed by atoms with Crippen LogP contribution < -0.4 is 4.74 Å². The summed E-state index contributed by atoms with van der Waals surface area (Å²) in [5.41, 5.74) is 1.33. The van der Waals surface area contributed by atoms with E-state index in [2.05, 4.69) is 66.7 Å². The number of para-hydroxylation sites is 1. The van der Waals surface area contributed by atoms with Crippen LogP contribution in [0.3, 0.4) is 0 Å². The zero-order valence-corrected chi connectivity index (χ0v) is 17.9. The van der Waals surface area contributed by atoms with Crippen molar-refractivity contribution in [3.63, 3.8) is 0 Å². The second-order valence-corrected chi connectivity index (χ2v) is 8.94. The second kappa shape index (κ2) is 9.90. The van der Waals surface area contributed by atoms with Crippen LogP contribution >= 0.6 is 0 Å². The summed E-state index contributed by atoms with van der Waals surface area (Å²) in [7, 11) is 0. The molecule has 2 fully saturated rings. The smallest absolute Gasteiger partial charge is 0.123 e. The Balaban J connectivity index is 1.43. The van der Waals surface area contributed by atoms with Crippen LogP contribution in [0, 0.1) is 5.92 Å². The highest BCUT2D eigenvalue weighted by Crippen LogP contribution is 2.23. The average molecular weight is 374 g/mol. The Morgan fingerprint density at radius 3 is 2.22 bits per heavy atom. The quantitative estimate of drug-likeness (QED) is 0.691. The molecule has 1 aromatic rings. The van der Waals surface area contributed by atoms with E-state index >= 15 is 0 Å². The van der Waals surface area contributed by atoms with Crippen molar-refractivity contribution < 1.29 is 4.74 Å². The highest BCUT2D eigenvalue weighted by molar-refractivity contribution is 5.33. The van der Waals surface area contributed by atoms with Crippen molar-refractivity contribution in [3.05, 3.63) is 29.8 Å². The van der Waals surface area contributed by atoms with Crippen LogP contribution in [0.4, 0.5) is 0 Å². The molecule has 2 aliphatic heterocycles. The topological polar surface area (TPSA) is 19.0 Å². The van der Waals surface area contributed by atoms with Crippen molar-refractivity contribution in [2.45, 2.75) is 59.2 Å². The van der Waals surface area contributed by atoms with Crippen LogP contribution in [0.2, 0.25) is 0 Å². The molecule has 2 aliphatic rings. The molecular formula is C23H39N3O. The first kappa shape index (κ1) is 20.6. The van der Waals surface area contributed by atoms with Crippen LogP contribution in [-0.2, 0) is 6.54 Å². The number of hydrogen-bond donors (Lipinski definition) is 0. The van der Waals surface area contributed by atoms with Crippen LogP contribution in [0.25, 0.3) is 0 Å². The number of likely N-dealkylation sites (tertiary alicyclic amines) is 1. The minimum Gasteiger partial charge on any atom is -0.493 e. The lowest BCUT2D eigenvalue weighted by molar-refractivity contribution is 0.105. The molecule has 0 spiro atoms. The first-order valence-electron chi connectivity index (χ1n) is 10.9. The van der Waals surface area contributed by atoms with Gasteiger partial charge in [-0.15, -0.1) is 0 Å². The molecule has 0 aromatic heterocycles. The highest BCUT2D eigenvalue weighted by Gasteiger charge is 2.27. The van der Waals surface area contributed by atoms with Gasteiger partial charge in [-0.2, -0.15) is 0 Å². The SMILES string of the molecule is CC(C)COc1ccccc1CN1CCN(CCN2[C@H](C)CC[C@@H]2C)CC1. The van der Waals surface area contributed by atoms with E-state index in [1.807, 2.05) is 0 Å². The molecule has 4 nitrogen and oxygen atoms in total. The van der Waals surface area contributed by atoms with Gasteiger partial charge in [0.25, 0.3) is 0 Å². The summed E-state index contributed by atoms with van der Waals surface area (Å²) in [6, 6.07) is 10.1. The lowest BCUT2D eigenvalue weighted by Crippen LogP contribution is -2.48. The maximum atomic E-state index is 6.03. The summed E-state index contributed by atoms with van der Waals surface area (Å²) in [5.74, 6) is 1.62. The zero-order chi connectivity index (χ0) is 19.2. The van der Waals surface area contributed by atoms with E-state index in [0.717, 1.165) is 44.1 Å². The fourth-order valence-electron chi connectivity index (χ4n) is 4.39. The van der Waals surface area contributed by atoms with E-state index in [9.17, 15) is 0 Å². The summed E-state index contributed by atoms with van der Waals surface area (Å²) in [4.78, 5) is 7.93. The minimum absolute atomic E-state index is 0.558. The van der Waals surface area contributed by atoms with E-state index in [-0.39, 0.29) is 0 Å². The molecule has 0 unspecified atom stereocenters. The Hall–Kier alpha value is -1.10. The van der Waals surface area contributed by atoms with Crippen LogP contribution in [0.5, 0.6) is 5.75 Å². The number of rotatable bonds is 8. The van der Waals surface area contributed by atoms with Gasteiger partial charge in [0.2, 0.25) is 0 Å². The van der Waals surface area contributed by atoms with Gasteiger partial charge in [0.15, 0.2) is 0 Å². The third kappa shape index (κ3) is 5.94. The van der Waals surface area contributed by atoms with Crippen LogP contribution in [0.1, 0.15) is 46.1 Å². The van der Waals surface area contributed by atoms with Gasteiger partial charge in [-0.25, -0.2) is 0 Å². The monoisotopic (exact) mass is 373 g/mol. The van der Waals surface area contributed by atoms with Crippen molar-refractivity contribution >= 4 is 0 Å². The molecule has 2 atom stereocenters. The average Bonchev–Trinajstić information content (AvgIpc) is 2.98. The van der Waals surface area contributed by atoms with Gasteiger partial charge in [0.1, 0.15) is 5.75 Å². The van der Waals surface area contributed by atoms with E-state index < -0.39 is 0 Å². The molecule has 27 heavy (non-hydrogen) atoms. The van der Waals surface area contributed by atoms with E-state index in [4.69, 9.17) is 4.74 Å². The summed E-state index contributed by atoms with van der Waals surface area (Å²) >= 11 is 0. The van der Waals surface area contributed by atoms with Crippen molar-refractivity contribution in [1.29, 1.82) is 0 Å². The molecule has 152 valence electrons. The molecule has 4 heteroatoms. The van der Waals surface area contributed by atoms with Gasteiger partial charge in [0, 0.05) is 63.5 Å². The van der Waals surface area contributed by atoms with Crippen molar-refractivity contribution in [2.75, 3.05) is 45.9 Å². The maximum Gasteiger partial charge on any atom is 0.123 e. The molecule has 3 rings (SSSR count). The Morgan fingerprint density at radius 1 is 0.926 bits per heavy atom. The Bertz CT molecular complexity index is 558. The van der Waals surface area contributed by atoms with Gasteiger partial charge in [0.05, 0.1) is 6.61 Å². The number of ether oxygens (including phenoxy) is 1. The minimum atomic E-state index is 0.558. The van der Waals surface area contributed by atoms with Crippen molar-refractivity contribution in [3.8, 4) is 5.75 Å². The number of hydrogen-bond acceptors (Lipinski definition) is 4. The van der Waals surface area contributed by atoms with Crippen LogP contribution in [-0.4, -0.2) is 72.7 Å². The largest absolute Gasteiger partial charge is 0.493 e. The van der Waals surface area contributed by atoms with E-state index in [0.29, 0.717) is 5.92 Å². The molecule has 2 heterocycles.